The third-order valence-corrected chi connectivity index (χ3v) is 3.72. The van der Waals surface area contributed by atoms with Gasteiger partial charge in [-0.2, -0.15) is 4.68 Å². The lowest BCUT2D eigenvalue weighted by Crippen LogP contribution is -2.29. The molecule has 2 aromatic heterocycles. The maximum atomic E-state index is 12.6. The first kappa shape index (κ1) is 16.1. The Kier molecular flexibility index (Phi) is 4.30. The number of aromatic nitrogens is 5. The van der Waals surface area contributed by atoms with E-state index in [0.29, 0.717) is 10.7 Å². The highest BCUT2D eigenvalue weighted by atomic mass is 35.5. The van der Waals surface area contributed by atoms with E-state index in [-0.39, 0.29) is 17.8 Å². The van der Waals surface area contributed by atoms with Crippen molar-refractivity contribution in [1.29, 1.82) is 0 Å². The molecule has 9 heteroatoms. The van der Waals surface area contributed by atoms with Gasteiger partial charge in [-0.1, -0.05) is 22.9 Å². The lowest BCUT2D eigenvalue weighted by atomic mass is 10.3. The monoisotopic (exact) mass is 347 g/mol. The molecule has 3 rings (SSSR count). The number of rotatable bonds is 4. The van der Waals surface area contributed by atoms with Crippen molar-refractivity contribution in [3.63, 3.8) is 0 Å². The summed E-state index contributed by atoms with van der Waals surface area (Å²) in [5.41, 5.74) is 0.519. The van der Waals surface area contributed by atoms with E-state index in [1.165, 1.54) is 15.6 Å². The minimum atomic E-state index is -0.800. The smallest absolute Gasteiger partial charge is 0.328 e. The summed E-state index contributed by atoms with van der Waals surface area (Å²) in [6.45, 7) is 3.50. The van der Waals surface area contributed by atoms with Crippen molar-refractivity contribution < 1.29 is 9.53 Å². The van der Waals surface area contributed by atoms with E-state index in [9.17, 15) is 9.59 Å². The van der Waals surface area contributed by atoms with Crippen LogP contribution in [0, 0.1) is 0 Å². The number of esters is 1. The van der Waals surface area contributed by atoms with Crippen LogP contribution in [0.15, 0.2) is 35.4 Å². The molecule has 1 aromatic carbocycles. The van der Waals surface area contributed by atoms with Crippen LogP contribution >= 0.6 is 11.6 Å². The summed E-state index contributed by atoms with van der Waals surface area (Å²) in [6.07, 6.45) is 1.29. The van der Waals surface area contributed by atoms with E-state index in [1.54, 1.807) is 38.1 Å². The minimum absolute atomic E-state index is 0.0635. The van der Waals surface area contributed by atoms with Crippen LogP contribution in [0.25, 0.3) is 16.9 Å². The van der Waals surface area contributed by atoms with Crippen LogP contribution in [0.2, 0.25) is 5.02 Å². The number of hydrogen-bond donors (Lipinski definition) is 0. The van der Waals surface area contributed by atoms with Crippen LogP contribution in [0.4, 0.5) is 0 Å². The van der Waals surface area contributed by atoms with Crippen molar-refractivity contribution in [3.8, 4) is 5.69 Å². The number of carbonyl (C=O) groups excluding carboxylic acids is 1. The Labute approximate surface area is 141 Å². The molecule has 0 fully saturated rings. The molecule has 0 amide bonds. The Morgan fingerprint density at radius 1 is 1.42 bits per heavy atom. The average molecular weight is 348 g/mol. The fraction of sp³-hybridized carbons (Fsp3) is 0.267. The van der Waals surface area contributed by atoms with E-state index in [1.807, 2.05) is 0 Å². The lowest BCUT2D eigenvalue weighted by Gasteiger charge is -2.12. The molecule has 0 aliphatic carbocycles. The molecular formula is C15H14ClN5O3. The van der Waals surface area contributed by atoms with Crippen molar-refractivity contribution >= 4 is 28.7 Å². The number of nitrogens with zero attached hydrogens (tertiary/aromatic N) is 5. The van der Waals surface area contributed by atoms with E-state index < -0.39 is 17.6 Å². The van der Waals surface area contributed by atoms with Crippen LogP contribution in [-0.2, 0) is 9.53 Å². The number of carbonyl (C=O) groups is 1. The summed E-state index contributed by atoms with van der Waals surface area (Å²) in [5, 5.41) is 8.39. The summed E-state index contributed by atoms with van der Waals surface area (Å²) in [4.78, 5) is 28.6. The molecule has 0 unspecified atom stereocenters. The van der Waals surface area contributed by atoms with E-state index in [2.05, 4.69) is 15.3 Å². The summed E-state index contributed by atoms with van der Waals surface area (Å²) in [6, 6.07) is 6.14. The lowest BCUT2D eigenvalue weighted by molar-refractivity contribution is -0.146. The Morgan fingerprint density at radius 3 is 2.92 bits per heavy atom. The first-order chi connectivity index (χ1) is 11.5. The van der Waals surface area contributed by atoms with Crippen LogP contribution in [0.3, 0.4) is 0 Å². The van der Waals surface area contributed by atoms with Gasteiger partial charge in [-0.25, -0.2) is 9.78 Å². The van der Waals surface area contributed by atoms with Crippen molar-refractivity contribution in [1.82, 2.24) is 24.5 Å². The van der Waals surface area contributed by atoms with E-state index >= 15 is 0 Å². The van der Waals surface area contributed by atoms with Crippen LogP contribution in [0.1, 0.15) is 19.9 Å². The van der Waals surface area contributed by atoms with Gasteiger partial charge in [0.05, 0.1) is 12.3 Å². The fourth-order valence-electron chi connectivity index (χ4n) is 2.26. The van der Waals surface area contributed by atoms with Gasteiger partial charge in [-0.05, 0) is 32.0 Å². The topological polar surface area (TPSA) is 91.9 Å². The SMILES string of the molecule is CCOC(=O)[C@@H](C)n1cnc2c(nnn2-c2cccc(Cl)c2)c1=O. The van der Waals surface area contributed by atoms with Crippen LogP contribution < -0.4 is 5.56 Å². The molecule has 24 heavy (non-hydrogen) atoms. The van der Waals surface area contributed by atoms with Gasteiger partial charge in [0, 0.05) is 5.02 Å². The highest BCUT2D eigenvalue weighted by Crippen LogP contribution is 2.17. The number of fused-ring (bicyclic) bond motifs is 1. The predicted octanol–water partition coefficient (Wildman–Crippen LogP) is 1.75. The van der Waals surface area contributed by atoms with Gasteiger partial charge < -0.3 is 4.74 Å². The van der Waals surface area contributed by atoms with Crippen LogP contribution in [0.5, 0.6) is 0 Å². The number of halogens is 1. The molecule has 124 valence electrons. The molecule has 2 heterocycles. The van der Waals surface area contributed by atoms with Gasteiger partial charge in [-0.3, -0.25) is 9.36 Å². The third kappa shape index (κ3) is 2.76. The average Bonchev–Trinajstić information content (AvgIpc) is 3.00. The molecule has 0 aliphatic heterocycles. The molecular weight excluding hydrogens is 334 g/mol. The summed E-state index contributed by atoms with van der Waals surface area (Å²) < 4.78 is 7.53. The largest absolute Gasteiger partial charge is 0.464 e. The normalized spacial score (nSPS) is 12.3. The van der Waals surface area contributed by atoms with Gasteiger partial charge in [-0.15, -0.1) is 5.10 Å². The Morgan fingerprint density at radius 2 is 2.21 bits per heavy atom. The minimum Gasteiger partial charge on any atom is -0.464 e. The Balaban J connectivity index is 2.09. The van der Waals surface area contributed by atoms with Crippen molar-refractivity contribution in [2.75, 3.05) is 6.61 Å². The molecule has 0 bridgehead atoms. The second-order valence-corrected chi connectivity index (χ2v) is 5.47. The molecule has 8 nitrogen and oxygen atoms in total. The molecule has 3 aromatic rings. The van der Waals surface area contributed by atoms with Gasteiger partial charge in [0.15, 0.2) is 11.2 Å². The predicted molar refractivity (Wildman–Crippen MR) is 87.3 cm³/mol. The molecule has 0 saturated carbocycles. The van der Waals surface area contributed by atoms with E-state index in [4.69, 9.17) is 16.3 Å². The maximum Gasteiger partial charge on any atom is 0.328 e. The highest BCUT2D eigenvalue weighted by molar-refractivity contribution is 6.30. The fourth-order valence-corrected chi connectivity index (χ4v) is 2.44. The second-order valence-electron chi connectivity index (χ2n) is 5.04. The molecule has 0 spiro atoms. The third-order valence-electron chi connectivity index (χ3n) is 3.49. The zero-order chi connectivity index (χ0) is 17.3. The maximum absolute atomic E-state index is 12.6. The van der Waals surface area contributed by atoms with Crippen LogP contribution in [-0.4, -0.2) is 37.1 Å². The number of benzene rings is 1. The van der Waals surface area contributed by atoms with E-state index in [0.717, 1.165) is 0 Å². The quantitative estimate of drug-likeness (QED) is 0.668. The van der Waals surface area contributed by atoms with Crippen molar-refractivity contribution in [2.45, 2.75) is 19.9 Å². The molecule has 0 radical (unpaired) electrons. The van der Waals surface area contributed by atoms with Gasteiger partial charge >= 0.3 is 5.97 Å². The number of hydrogen-bond acceptors (Lipinski definition) is 6. The number of ether oxygens (including phenoxy) is 1. The second kappa shape index (κ2) is 6.40. The zero-order valence-corrected chi connectivity index (χ0v) is 13.8. The standard InChI is InChI=1S/C15H14ClN5O3/c1-3-24-15(23)9(2)20-8-17-13-12(14(20)22)18-19-21(13)11-6-4-5-10(16)7-11/h4-9H,3H2,1-2H3/t9-/m1/s1. The molecule has 0 aliphatic rings. The Hall–Kier alpha value is -2.74. The van der Waals surface area contributed by atoms with Gasteiger partial charge in [0.25, 0.3) is 5.56 Å². The summed E-state index contributed by atoms with van der Waals surface area (Å²) >= 11 is 5.98. The first-order valence-electron chi connectivity index (χ1n) is 7.28. The zero-order valence-electron chi connectivity index (χ0n) is 13.0. The summed E-state index contributed by atoms with van der Waals surface area (Å²) in [7, 11) is 0. The highest BCUT2D eigenvalue weighted by Gasteiger charge is 2.21. The Bertz CT molecular complexity index is 965. The summed E-state index contributed by atoms with van der Waals surface area (Å²) in [5.74, 6) is -0.511. The molecule has 1 atom stereocenters. The molecule has 0 N–H and O–H groups in total. The van der Waals surface area contributed by atoms with Gasteiger partial charge in [0.2, 0.25) is 0 Å². The van der Waals surface area contributed by atoms with Crippen molar-refractivity contribution in [3.05, 3.63) is 46.0 Å². The van der Waals surface area contributed by atoms with Crippen molar-refractivity contribution in [2.24, 2.45) is 0 Å². The molecule has 0 saturated heterocycles. The first-order valence-corrected chi connectivity index (χ1v) is 7.66. The van der Waals surface area contributed by atoms with Gasteiger partial charge in [0.1, 0.15) is 12.4 Å².